The largest absolute Gasteiger partial charge is 0.317 e. The summed E-state index contributed by atoms with van der Waals surface area (Å²) in [6.07, 6.45) is 4.98. The molecule has 0 aromatic carbocycles. The van der Waals surface area contributed by atoms with Crippen molar-refractivity contribution in [1.29, 1.82) is 0 Å². The predicted octanol–water partition coefficient (Wildman–Crippen LogP) is 1.35. The van der Waals surface area contributed by atoms with Crippen LogP contribution in [0.5, 0.6) is 0 Å². The second-order valence-electron chi connectivity index (χ2n) is 2.49. The third kappa shape index (κ3) is 4.50. The van der Waals surface area contributed by atoms with E-state index in [4.69, 9.17) is 0 Å². The second-order valence-corrected chi connectivity index (χ2v) is 2.49. The van der Waals surface area contributed by atoms with Crippen LogP contribution in [0.2, 0.25) is 0 Å². The standard InChI is InChI=1S/C8H17NO/c1-3-8(9-2)6-4-5-7-10/h7-9H,3-6H2,1-2H3. The van der Waals surface area contributed by atoms with Gasteiger partial charge in [-0.15, -0.1) is 0 Å². The van der Waals surface area contributed by atoms with Crippen LogP contribution in [0.1, 0.15) is 32.6 Å². The lowest BCUT2D eigenvalue weighted by molar-refractivity contribution is -0.107. The molecule has 0 aliphatic heterocycles. The van der Waals surface area contributed by atoms with Gasteiger partial charge in [0.1, 0.15) is 6.29 Å². The van der Waals surface area contributed by atoms with Crippen LogP contribution in [0.15, 0.2) is 0 Å². The SMILES string of the molecule is CCC(CCCC=O)NC. The maximum absolute atomic E-state index is 9.94. The van der Waals surface area contributed by atoms with E-state index in [0.29, 0.717) is 12.5 Å². The zero-order valence-corrected chi connectivity index (χ0v) is 6.89. The predicted molar refractivity (Wildman–Crippen MR) is 43.1 cm³/mol. The van der Waals surface area contributed by atoms with Gasteiger partial charge >= 0.3 is 0 Å². The minimum atomic E-state index is 0.597. The highest BCUT2D eigenvalue weighted by molar-refractivity contribution is 5.48. The fourth-order valence-electron chi connectivity index (χ4n) is 1.00. The van der Waals surface area contributed by atoms with Crippen molar-refractivity contribution >= 4 is 6.29 Å². The molecular formula is C8H17NO. The van der Waals surface area contributed by atoms with Gasteiger partial charge in [-0.3, -0.25) is 0 Å². The van der Waals surface area contributed by atoms with Crippen LogP contribution in [0, 0.1) is 0 Å². The number of rotatable bonds is 6. The van der Waals surface area contributed by atoms with Crippen molar-refractivity contribution in [3.05, 3.63) is 0 Å². The minimum absolute atomic E-state index is 0.597. The van der Waals surface area contributed by atoms with Crippen molar-refractivity contribution in [2.45, 2.75) is 38.6 Å². The molecule has 0 spiro atoms. The summed E-state index contributed by atoms with van der Waals surface area (Å²) in [5.41, 5.74) is 0. The van der Waals surface area contributed by atoms with Gasteiger partial charge in [0, 0.05) is 12.5 Å². The van der Waals surface area contributed by atoms with E-state index < -0.39 is 0 Å². The number of carbonyl (C=O) groups excluding carboxylic acids is 1. The van der Waals surface area contributed by atoms with Crippen molar-refractivity contribution in [1.82, 2.24) is 5.32 Å². The Morgan fingerprint density at radius 1 is 1.60 bits per heavy atom. The van der Waals surface area contributed by atoms with E-state index in [0.717, 1.165) is 25.5 Å². The Kier molecular flexibility index (Phi) is 6.50. The van der Waals surface area contributed by atoms with E-state index in [-0.39, 0.29) is 0 Å². The molecule has 60 valence electrons. The first-order valence-electron chi connectivity index (χ1n) is 3.96. The number of aldehydes is 1. The van der Waals surface area contributed by atoms with Gasteiger partial charge in [0.15, 0.2) is 0 Å². The fourth-order valence-corrected chi connectivity index (χ4v) is 1.00. The van der Waals surface area contributed by atoms with E-state index >= 15 is 0 Å². The summed E-state index contributed by atoms with van der Waals surface area (Å²) in [4.78, 5) is 9.94. The Balaban J connectivity index is 3.16. The molecule has 2 heteroatoms. The lowest BCUT2D eigenvalue weighted by Crippen LogP contribution is -2.23. The molecule has 10 heavy (non-hydrogen) atoms. The molecule has 0 heterocycles. The van der Waals surface area contributed by atoms with Crippen LogP contribution in [-0.4, -0.2) is 19.4 Å². The summed E-state index contributed by atoms with van der Waals surface area (Å²) in [6.45, 7) is 2.15. The zero-order valence-electron chi connectivity index (χ0n) is 6.89. The molecule has 0 aromatic rings. The number of unbranched alkanes of at least 4 members (excludes halogenated alkanes) is 1. The van der Waals surface area contributed by atoms with Gasteiger partial charge in [-0.25, -0.2) is 0 Å². The van der Waals surface area contributed by atoms with Crippen LogP contribution in [0.25, 0.3) is 0 Å². The van der Waals surface area contributed by atoms with Crippen molar-refractivity contribution < 1.29 is 4.79 Å². The van der Waals surface area contributed by atoms with Crippen LogP contribution >= 0.6 is 0 Å². The molecule has 1 N–H and O–H groups in total. The Hall–Kier alpha value is -0.370. The van der Waals surface area contributed by atoms with E-state index in [1.165, 1.54) is 0 Å². The van der Waals surface area contributed by atoms with Crippen LogP contribution in [-0.2, 0) is 4.79 Å². The molecule has 1 unspecified atom stereocenters. The summed E-state index contributed by atoms with van der Waals surface area (Å²) in [6, 6.07) is 0.597. The summed E-state index contributed by atoms with van der Waals surface area (Å²) >= 11 is 0. The highest BCUT2D eigenvalue weighted by Crippen LogP contribution is 2.01. The molecule has 0 rings (SSSR count). The van der Waals surface area contributed by atoms with E-state index in [1.54, 1.807) is 0 Å². The third-order valence-electron chi connectivity index (χ3n) is 1.78. The molecule has 0 bridgehead atoms. The van der Waals surface area contributed by atoms with Crippen molar-refractivity contribution in [2.24, 2.45) is 0 Å². The van der Waals surface area contributed by atoms with Crippen LogP contribution in [0.4, 0.5) is 0 Å². The average molecular weight is 143 g/mol. The number of hydrogen-bond acceptors (Lipinski definition) is 2. The summed E-state index contributed by atoms with van der Waals surface area (Å²) in [5, 5.41) is 3.19. The van der Waals surface area contributed by atoms with Gasteiger partial charge in [-0.2, -0.15) is 0 Å². The smallest absolute Gasteiger partial charge is 0.119 e. The highest BCUT2D eigenvalue weighted by atomic mass is 16.1. The van der Waals surface area contributed by atoms with Crippen molar-refractivity contribution in [2.75, 3.05) is 7.05 Å². The molecule has 0 aromatic heterocycles. The lowest BCUT2D eigenvalue weighted by Gasteiger charge is -2.11. The minimum Gasteiger partial charge on any atom is -0.317 e. The van der Waals surface area contributed by atoms with E-state index in [1.807, 2.05) is 7.05 Å². The van der Waals surface area contributed by atoms with Gasteiger partial charge in [0.05, 0.1) is 0 Å². The molecule has 0 aliphatic rings. The molecule has 1 atom stereocenters. The Morgan fingerprint density at radius 2 is 2.30 bits per heavy atom. The first-order chi connectivity index (χ1) is 4.85. The molecule has 0 aliphatic carbocycles. The maximum Gasteiger partial charge on any atom is 0.119 e. The molecule has 0 saturated carbocycles. The van der Waals surface area contributed by atoms with Crippen molar-refractivity contribution in [3.63, 3.8) is 0 Å². The Bertz CT molecular complexity index is 79.3. The molecule has 0 amide bonds. The quantitative estimate of drug-likeness (QED) is 0.449. The lowest BCUT2D eigenvalue weighted by atomic mass is 10.1. The van der Waals surface area contributed by atoms with E-state index in [9.17, 15) is 4.79 Å². The third-order valence-corrected chi connectivity index (χ3v) is 1.78. The summed E-state index contributed by atoms with van der Waals surface area (Å²) < 4.78 is 0. The van der Waals surface area contributed by atoms with Crippen LogP contribution in [0.3, 0.4) is 0 Å². The highest BCUT2D eigenvalue weighted by Gasteiger charge is 2.00. The maximum atomic E-state index is 9.94. The Labute approximate surface area is 63.0 Å². The number of nitrogens with one attached hydrogen (secondary N) is 1. The van der Waals surface area contributed by atoms with Gasteiger partial charge < -0.3 is 10.1 Å². The molecule has 2 nitrogen and oxygen atoms in total. The molecule has 0 radical (unpaired) electrons. The number of hydrogen-bond donors (Lipinski definition) is 1. The second kappa shape index (κ2) is 6.75. The summed E-state index contributed by atoms with van der Waals surface area (Å²) in [7, 11) is 1.97. The monoisotopic (exact) mass is 143 g/mol. The topological polar surface area (TPSA) is 29.1 Å². The van der Waals surface area contributed by atoms with Crippen molar-refractivity contribution in [3.8, 4) is 0 Å². The first-order valence-corrected chi connectivity index (χ1v) is 3.96. The first kappa shape index (κ1) is 9.63. The molecule has 0 fully saturated rings. The van der Waals surface area contributed by atoms with Crippen LogP contribution < -0.4 is 5.32 Å². The van der Waals surface area contributed by atoms with E-state index in [2.05, 4.69) is 12.2 Å². The van der Waals surface area contributed by atoms with Gasteiger partial charge in [0.2, 0.25) is 0 Å². The number of carbonyl (C=O) groups is 1. The van der Waals surface area contributed by atoms with Gasteiger partial charge in [-0.1, -0.05) is 6.92 Å². The zero-order chi connectivity index (χ0) is 7.82. The van der Waals surface area contributed by atoms with Gasteiger partial charge in [0.25, 0.3) is 0 Å². The molecule has 0 saturated heterocycles. The average Bonchev–Trinajstić information content (AvgIpc) is 1.99. The Morgan fingerprint density at radius 3 is 2.70 bits per heavy atom. The summed E-state index contributed by atoms with van der Waals surface area (Å²) in [5.74, 6) is 0. The normalized spacial score (nSPS) is 13.0. The van der Waals surface area contributed by atoms with Gasteiger partial charge in [-0.05, 0) is 26.3 Å². The molecular weight excluding hydrogens is 126 g/mol. The fraction of sp³-hybridized carbons (Fsp3) is 0.875.